The molecule has 0 aliphatic rings. The molecule has 0 spiro atoms. The van der Waals surface area contributed by atoms with Crippen molar-refractivity contribution in [1.29, 1.82) is 0 Å². The van der Waals surface area contributed by atoms with Gasteiger partial charge in [-0.2, -0.15) is 0 Å². The summed E-state index contributed by atoms with van der Waals surface area (Å²) < 4.78 is 0. The maximum atomic E-state index is 5.66. The first-order valence-corrected chi connectivity index (χ1v) is 3.82. The van der Waals surface area contributed by atoms with E-state index >= 15 is 0 Å². The molecule has 0 saturated heterocycles. The molecule has 0 saturated carbocycles. The first kappa shape index (κ1) is 8.81. The minimum absolute atomic E-state index is 0.371. The van der Waals surface area contributed by atoms with Gasteiger partial charge in [-0.25, -0.2) is 4.98 Å². The number of hydrogen-bond donors (Lipinski definition) is 1. The van der Waals surface area contributed by atoms with Crippen LogP contribution in [-0.4, -0.2) is 9.97 Å². The zero-order chi connectivity index (χ0) is 8.97. The van der Waals surface area contributed by atoms with Crippen LogP contribution in [0.5, 0.6) is 0 Å². The van der Waals surface area contributed by atoms with Gasteiger partial charge in [-0.1, -0.05) is 25.3 Å². The van der Waals surface area contributed by atoms with Crippen molar-refractivity contribution in [2.75, 3.05) is 0 Å². The number of imidazole rings is 1. The first-order chi connectivity index (χ1) is 5.77. The lowest BCUT2D eigenvalue weighted by atomic mass is 10.4. The normalized spacial score (nSPS) is 13.4. The van der Waals surface area contributed by atoms with Gasteiger partial charge in [-0.3, -0.25) is 0 Å². The van der Waals surface area contributed by atoms with E-state index in [-0.39, 0.29) is 0 Å². The Morgan fingerprint density at radius 2 is 1.92 bits per heavy atom. The quantitative estimate of drug-likeness (QED) is 0.723. The van der Waals surface area contributed by atoms with Crippen LogP contribution in [0.3, 0.4) is 0 Å². The van der Waals surface area contributed by atoms with E-state index in [2.05, 4.69) is 23.1 Å². The summed E-state index contributed by atoms with van der Waals surface area (Å²) in [4.78, 5) is 6.90. The second-order valence-electron chi connectivity index (χ2n) is 2.13. The molecular weight excluding hydrogens is 172 g/mol. The highest BCUT2D eigenvalue weighted by molar-refractivity contribution is 6.28. The highest BCUT2D eigenvalue weighted by Crippen LogP contribution is 1.88. The SMILES string of the molecule is C=C/C=c1/nc(Cl)[nH]/c1=C/C=C. The number of nitrogens with one attached hydrogen (secondary N) is 1. The molecule has 1 N–H and O–H groups in total. The van der Waals surface area contributed by atoms with Crippen molar-refractivity contribution >= 4 is 23.8 Å². The summed E-state index contributed by atoms with van der Waals surface area (Å²) in [6, 6.07) is 0. The lowest BCUT2D eigenvalue weighted by molar-refractivity contribution is 1.29. The summed E-state index contributed by atoms with van der Waals surface area (Å²) in [5, 5.41) is 1.99. The van der Waals surface area contributed by atoms with Gasteiger partial charge in [0.05, 0.1) is 10.7 Å². The third-order valence-corrected chi connectivity index (χ3v) is 1.47. The first-order valence-electron chi connectivity index (χ1n) is 3.45. The van der Waals surface area contributed by atoms with Crippen molar-refractivity contribution in [2.45, 2.75) is 0 Å². The van der Waals surface area contributed by atoms with E-state index in [1.54, 1.807) is 24.3 Å². The van der Waals surface area contributed by atoms with E-state index in [1.165, 1.54) is 0 Å². The van der Waals surface area contributed by atoms with E-state index in [1.807, 2.05) is 0 Å². The van der Waals surface area contributed by atoms with Gasteiger partial charge in [0.25, 0.3) is 0 Å². The summed E-state index contributed by atoms with van der Waals surface area (Å²) in [7, 11) is 0. The molecule has 0 bridgehead atoms. The van der Waals surface area contributed by atoms with Gasteiger partial charge in [-0.05, 0) is 23.8 Å². The van der Waals surface area contributed by atoms with Crippen LogP contribution < -0.4 is 10.7 Å². The Morgan fingerprint density at radius 3 is 2.50 bits per heavy atom. The number of aromatic amines is 1. The van der Waals surface area contributed by atoms with E-state index < -0.39 is 0 Å². The molecular formula is C9H9ClN2. The van der Waals surface area contributed by atoms with Crippen LogP contribution >= 0.6 is 11.6 Å². The average molecular weight is 181 g/mol. The van der Waals surface area contributed by atoms with Crippen LogP contribution in [0.1, 0.15) is 0 Å². The molecule has 0 aromatic carbocycles. The number of allylic oxidation sites excluding steroid dienone is 2. The van der Waals surface area contributed by atoms with Gasteiger partial charge in [0.2, 0.25) is 5.28 Å². The highest BCUT2D eigenvalue weighted by atomic mass is 35.5. The molecule has 0 atom stereocenters. The zero-order valence-corrected chi connectivity index (χ0v) is 7.30. The molecule has 0 aliphatic heterocycles. The van der Waals surface area contributed by atoms with Crippen LogP contribution in [0.4, 0.5) is 0 Å². The highest BCUT2D eigenvalue weighted by Gasteiger charge is 1.91. The monoisotopic (exact) mass is 180 g/mol. The van der Waals surface area contributed by atoms with Crippen molar-refractivity contribution in [2.24, 2.45) is 0 Å². The smallest absolute Gasteiger partial charge is 0.201 e. The molecule has 1 aromatic heterocycles. The third kappa shape index (κ3) is 1.86. The number of nitrogens with zero attached hydrogens (tertiary/aromatic N) is 1. The molecule has 1 aromatic rings. The predicted molar refractivity (Wildman–Crippen MR) is 52.2 cm³/mol. The number of H-pyrrole nitrogens is 1. The molecule has 12 heavy (non-hydrogen) atoms. The standard InChI is InChI=1S/C9H9ClN2/c1-3-5-7-8(6-4-2)12-9(10)11-7/h3-6H,1-2H2,(H,11,12)/b7-5+,8-6+. The Labute approximate surface area is 75.6 Å². The number of aromatic nitrogens is 2. The van der Waals surface area contributed by atoms with Gasteiger partial charge in [0.15, 0.2) is 0 Å². The molecule has 0 aliphatic carbocycles. The minimum Gasteiger partial charge on any atom is -0.329 e. The molecule has 1 heterocycles. The number of halogens is 1. The Bertz CT molecular complexity index is 363. The van der Waals surface area contributed by atoms with Crippen molar-refractivity contribution in [3.8, 4) is 0 Å². The Hall–Kier alpha value is -1.28. The Balaban J connectivity index is 3.46. The molecule has 2 nitrogen and oxygen atoms in total. The van der Waals surface area contributed by atoms with Crippen molar-refractivity contribution in [3.63, 3.8) is 0 Å². The summed E-state index contributed by atoms with van der Waals surface area (Å²) in [5.74, 6) is 0. The number of hydrogen-bond acceptors (Lipinski definition) is 1. The lowest BCUT2D eigenvalue weighted by Gasteiger charge is -1.73. The largest absolute Gasteiger partial charge is 0.329 e. The van der Waals surface area contributed by atoms with Crippen LogP contribution in [0.15, 0.2) is 25.3 Å². The van der Waals surface area contributed by atoms with Crippen molar-refractivity contribution in [1.82, 2.24) is 9.97 Å². The maximum Gasteiger partial charge on any atom is 0.201 e. The maximum absolute atomic E-state index is 5.66. The van der Waals surface area contributed by atoms with E-state index in [9.17, 15) is 0 Å². The molecule has 0 radical (unpaired) electrons. The summed E-state index contributed by atoms with van der Waals surface area (Å²) in [6.45, 7) is 7.15. The summed E-state index contributed by atoms with van der Waals surface area (Å²) in [5.41, 5.74) is 0. The third-order valence-electron chi connectivity index (χ3n) is 1.29. The minimum atomic E-state index is 0.371. The molecule has 3 heteroatoms. The molecule has 0 amide bonds. The van der Waals surface area contributed by atoms with Gasteiger partial charge in [0.1, 0.15) is 0 Å². The average Bonchev–Trinajstić information content (AvgIpc) is 2.33. The van der Waals surface area contributed by atoms with E-state index in [0.717, 1.165) is 10.7 Å². The second-order valence-corrected chi connectivity index (χ2v) is 2.49. The Kier molecular flexibility index (Phi) is 2.88. The topological polar surface area (TPSA) is 28.7 Å². The summed E-state index contributed by atoms with van der Waals surface area (Å²) >= 11 is 5.66. The van der Waals surface area contributed by atoms with Gasteiger partial charge in [-0.15, -0.1) is 0 Å². The molecule has 62 valence electrons. The van der Waals surface area contributed by atoms with Gasteiger partial charge >= 0.3 is 0 Å². The summed E-state index contributed by atoms with van der Waals surface area (Å²) in [6.07, 6.45) is 6.91. The zero-order valence-electron chi connectivity index (χ0n) is 6.55. The fourth-order valence-corrected chi connectivity index (χ4v) is 1.05. The van der Waals surface area contributed by atoms with Crippen molar-refractivity contribution in [3.05, 3.63) is 41.3 Å². The second kappa shape index (κ2) is 3.93. The fourth-order valence-electron chi connectivity index (χ4n) is 0.853. The van der Waals surface area contributed by atoms with E-state index in [0.29, 0.717) is 5.28 Å². The van der Waals surface area contributed by atoms with Crippen LogP contribution in [0.25, 0.3) is 12.2 Å². The van der Waals surface area contributed by atoms with Crippen LogP contribution in [-0.2, 0) is 0 Å². The van der Waals surface area contributed by atoms with Gasteiger partial charge in [0, 0.05) is 0 Å². The Morgan fingerprint density at radius 1 is 1.25 bits per heavy atom. The molecule has 1 rings (SSSR count). The molecule has 0 unspecified atom stereocenters. The lowest BCUT2D eigenvalue weighted by Crippen LogP contribution is -2.23. The predicted octanol–water partition coefficient (Wildman–Crippen LogP) is 0.996. The fraction of sp³-hybridized carbons (Fsp3) is 0. The van der Waals surface area contributed by atoms with Crippen LogP contribution in [0, 0.1) is 0 Å². The van der Waals surface area contributed by atoms with Crippen LogP contribution in [0.2, 0.25) is 5.28 Å². The van der Waals surface area contributed by atoms with E-state index in [4.69, 9.17) is 11.6 Å². The number of rotatable bonds is 2. The molecule has 0 fully saturated rings. The van der Waals surface area contributed by atoms with Gasteiger partial charge < -0.3 is 4.98 Å². The van der Waals surface area contributed by atoms with Crippen molar-refractivity contribution < 1.29 is 0 Å².